The molecule has 0 saturated heterocycles. The molecule has 0 aliphatic heterocycles. The van der Waals surface area contributed by atoms with Gasteiger partial charge >= 0.3 is 5.97 Å². The monoisotopic (exact) mass is 643 g/mol. The summed E-state index contributed by atoms with van der Waals surface area (Å²) >= 11 is 5.88. The first-order valence-corrected chi connectivity index (χ1v) is 16.1. The van der Waals surface area contributed by atoms with Crippen LogP contribution in [0.2, 0.25) is 0 Å². The van der Waals surface area contributed by atoms with Gasteiger partial charge in [0, 0.05) is 27.7 Å². The number of thiophene rings is 1. The maximum absolute atomic E-state index is 12.8. The van der Waals surface area contributed by atoms with E-state index < -0.39 is 6.10 Å². The Hall–Kier alpha value is -3.19. The number of fused-ring (bicyclic) bond motifs is 2. The highest BCUT2D eigenvalue weighted by atomic mass is 79.9. The number of esters is 1. The Morgan fingerprint density at radius 2 is 1.55 bits per heavy atom. The number of ether oxygens (including phenoxy) is 2. The molecule has 0 aliphatic rings. The van der Waals surface area contributed by atoms with E-state index in [1.807, 2.05) is 41.7 Å². The molecule has 1 aromatic heterocycles. The molecule has 5 aromatic rings. The van der Waals surface area contributed by atoms with Crippen molar-refractivity contribution in [2.75, 3.05) is 20.2 Å². The lowest BCUT2D eigenvalue weighted by Gasteiger charge is -2.21. The van der Waals surface area contributed by atoms with E-state index in [-0.39, 0.29) is 5.97 Å². The van der Waals surface area contributed by atoms with Crippen LogP contribution in [0.3, 0.4) is 0 Å². The molecule has 5 rings (SSSR count). The minimum atomic E-state index is -0.734. The molecule has 0 unspecified atom stereocenters. The molecule has 1 atom stereocenters. The van der Waals surface area contributed by atoms with E-state index in [9.17, 15) is 4.79 Å². The predicted molar refractivity (Wildman–Crippen MR) is 180 cm³/mol. The predicted octanol–water partition coefficient (Wildman–Crippen LogP) is 9.41. The lowest BCUT2D eigenvalue weighted by atomic mass is 9.91. The fourth-order valence-electron chi connectivity index (χ4n) is 5.82. The van der Waals surface area contributed by atoms with Crippen molar-refractivity contribution in [3.63, 3.8) is 0 Å². The first kappa shape index (κ1) is 30.3. The molecule has 0 saturated carbocycles. The van der Waals surface area contributed by atoms with Gasteiger partial charge in [0.15, 0.2) is 6.10 Å². The number of carbonyl (C=O) groups excluding carboxylic acids is 1. The van der Waals surface area contributed by atoms with Gasteiger partial charge in [-0.05, 0) is 106 Å². The topological polar surface area (TPSA) is 38.8 Å². The lowest BCUT2D eigenvalue weighted by molar-refractivity contribution is -0.148. The standard InChI is InChI=1S/C36H38BrNO3S/c1-7-38(8-2)21-30-24(5)31-32(27-16-12-13-17-28(27)33(37)35(31)42-30)26-18-22(3)34(23(4)19-26)41-29(36(39)40-6)20-25-14-10-9-11-15-25/h9-19,29H,7-8,20-21H2,1-6H3/t29-/m1/s1. The maximum atomic E-state index is 12.8. The zero-order valence-electron chi connectivity index (χ0n) is 25.2. The van der Waals surface area contributed by atoms with Crippen molar-refractivity contribution in [3.05, 3.63) is 98.3 Å². The number of carbonyl (C=O) groups is 1. The Labute approximate surface area is 261 Å². The normalized spacial score (nSPS) is 12.3. The Bertz CT molecular complexity index is 1720. The quantitative estimate of drug-likeness (QED) is 0.142. The Kier molecular flexibility index (Phi) is 9.36. The summed E-state index contributed by atoms with van der Waals surface area (Å²) in [7, 11) is 1.41. The van der Waals surface area contributed by atoms with E-state index in [1.54, 1.807) is 0 Å². The molecule has 218 valence electrons. The van der Waals surface area contributed by atoms with Crippen LogP contribution in [0.25, 0.3) is 32.0 Å². The summed E-state index contributed by atoms with van der Waals surface area (Å²) in [4.78, 5) is 16.6. The molecular weight excluding hydrogens is 606 g/mol. The minimum absolute atomic E-state index is 0.378. The molecule has 4 nitrogen and oxygen atoms in total. The van der Waals surface area contributed by atoms with Gasteiger partial charge in [0.1, 0.15) is 5.75 Å². The molecule has 1 heterocycles. The van der Waals surface area contributed by atoms with Crippen molar-refractivity contribution in [3.8, 4) is 16.9 Å². The van der Waals surface area contributed by atoms with Crippen LogP contribution in [0.5, 0.6) is 5.75 Å². The smallest absolute Gasteiger partial charge is 0.347 e. The zero-order chi connectivity index (χ0) is 30.0. The highest BCUT2D eigenvalue weighted by molar-refractivity contribution is 9.11. The van der Waals surface area contributed by atoms with E-state index in [2.05, 4.69) is 91.8 Å². The van der Waals surface area contributed by atoms with E-state index in [4.69, 9.17) is 9.47 Å². The molecule has 0 fully saturated rings. The summed E-state index contributed by atoms with van der Waals surface area (Å²) in [6.07, 6.45) is -0.294. The fourth-order valence-corrected chi connectivity index (χ4v) is 7.91. The van der Waals surface area contributed by atoms with Gasteiger partial charge in [0.2, 0.25) is 0 Å². The lowest BCUT2D eigenvalue weighted by Crippen LogP contribution is -2.31. The first-order valence-electron chi connectivity index (χ1n) is 14.5. The van der Waals surface area contributed by atoms with E-state index in [0.29, 0.717) is 6.42 Å². The molecule has 0 bridgehead atoms. The second kappa shape index (κ2) is 13.0. The van der Waals surface area contributed by atoms with Crippen molar-refractivity contribution >= 4 is 54.1 Å². The molecule has 4 aromatic carbocycles. The molecule has 0 amide bonds. The molecule has 0 spiro atoms. The third kappa shape index (κ3) is 5.85. The summed E-state index contributed by atoms with van der Waals surface area (Å²) in [6, 6.07) is 23.0. The van der Waals surface area contributed by atoms with Crippen LogP contribution in [-0.2, 0) is 22.5 Å². The van der Waals surface area contributed by atoms with E-state index >= 15 is 0 Å². The SMILES string of the molecule is CCN(CC)Cc1sc2c(Br)c3ccccc3c(-c3cc(C)c(O[C@H](Cc4ccccc4)C(=O)OC)c(C)c3)c2c1C. The number of methoxy groups -OCH3 is 1. The third-order valence-corrected chi connectivity index (χ3v) is 10.5. The van der Waals surface area contributed by atoms with Gasteiger partial charge in [-0.25, -0.2) is 4.79 Å². The number of aryl methyl sites for hydroxylation is 3. The molecule has 0 N–H and O–H groups in total. The number of hydrogen-bond donors (Lipinski definition) is 0. The summed E-state index contributed by atoms with van der Waals surface area (Å²) in [5.41, 5.74) is 6.74. The van der Waals surface area contributed by atoms with Gasteiger partial charge in [0.25, 0.3) is 0 Å². The average Bonchev–Trinajstić information content (AvgIpc) is 3.32. The number of rotatable bonds is 10. The highest BCUT2D eigenvalue weighted by Crippen LogP contribution is 2.48. The number of nitrogens with zero attached hydrogens (tertiary/aromatic N) is 1. The number of benzene rings is 4. The maximum Gasteiger partial charge on any atom is 0.347 e. The van der Waals surface area contributed by atoms with Gasteiger partial charge in [0.05, 0.1) is 11.8 Å². The van der Waals surface area contributed by atoms with Crippen molar-refractivity contribution in [2.45, 2.75) is 53.7 Å². The second-order valence-corrected chi connectivity index (χ2v) is 12.7. The van der Waals surface area contributed by atoms with Crippen LogP contribution >= 0.6 is 27.3 Å². The van der Waals surface area contributed by atoms with E-state index in [1.165, 1.54) is 44.0 Å². The van der Waals surface area contributed by atoms with Gasteiger partial charge in [-0.1, -0.05) is 68.4 Å². The fraction of sp³-hybridized carbons (Fsp3) is 0.306. The van der Waals surface area contributed by atoms with Crippen molar-refractivity contribution in [2.24, 2.45) is 0 Å². The summed E-state index contributed by atoms with van der Waals surface area (Å²) < 4.78 is 14.0. The van der Waals surface area contributed by atoms with Crippen LogP contribution in [0.1, 0.15) is 41.0 Å². The van der Waals surface area contributed by atoms with Crippen LogP contribution in [0, 0.1) is 20.8 Å². The Morgan fingerprint density at radius 3 is 2.17 bits per heavy atom. The highest BCUT2D eigenvalue weighted by Gasteiger charge is 2.25. The van der Waals surface area contributed by atoms with E-state index in [0.717, 1.165) is 52.1 Å². The van der Waals surface area contributed by atoms with Crippen molar-refractivity contribution in [1.29, 1.82) is 0 Å². The van der Waals surface area contributed by atoms with Gasteiger partial charge in [-0.2, -0.15) is 0 Å². The molecule has 6 heteroatoms. The summed E-state index contributed by atoms with van der Waals surface area (Å²) in [5, 5.41) is 3.73. The van der Waals surface area contributed by atoms with Crippen molar-refractivity contribution in [1.82, 2.24) is 4.90 Å². The first-order chi connectivity index (χ1) is 20.3. The van der Waals surface area contributed by atoms with Crippen LogP contribution < -0.4 is 4.74 Å². The molecular formula is C36H38BrNO3S. The number of hydrogen-bond acceptors (Lipinski definition) is 5. The largest absolute Gasteiger partial charge is 0.478 e. The molecule has 0 radical (unpaired) electrons. The minimum Gasteiger partial charge on any atom is -0.478 e. The van der Waals surface area contributed by atoms with Crippen LogP contribution in [0.15, 0.2) is 71.2 Å². The van der Waals surface area contributed by atoms with Gasteiger partial charge in [-0.15, -0.1) is 11.3 Å². The Balaban J connectivity index is 1.64. The zero-order valence-corrected chi connectivity index (χ0v) is 27.6. The van der Waals surface area contributed by atoms with Crippen LogP contribution in [-0.4, -0.2) is 37.2 Å². The second-order valence-electron chi connectivity index (χ2n) is 10.8. The number of halogens is 1. The third-order valence-electron chi connectivity index (χ3n) is 8.13. The molecule has 42 heavy (non-hydrogen) atoms. The van der Waals surface area contributed by atoms with Gasteiger partial charge < -0.3 is 9.47 Å². The molecule has 0 aliphatic carbocycles. The summed E-state index contributed by atoms with van der Waals surface area (Å²) in [5.74, 6) is 0.351. The summed E-state index contributed by atoms with van der Waals surface area (Å²) in [6.45, 7) is 13.8. The Morgan fingerprint density at radius 1 is 0.929 bits per heavy atom. The average molecular weight is 645 g/mol. The van der Waals surface area contributed by atoms with Gasteiger partial charge in [-0.3, -0.25) is 4.90 Å². The van der Waals surface area contributed by atoms with Crippen molar-refractivity contribution < 1.29 is 14.3 Å². The van der Waals surface area contributed by atoms with Crippen LogP contribution in [0.4, 0.5) is 0 Å².